The van der Waals surface area contributed by atoms with Crippen LogP contribution < -0.4 is 10.2 Å². The fraction of sp³-hybridized carbons (Fsp3) is 0.769. The molecule has 1 aromatic heterocycles. The van der Waals surface area contributed by atoms with Crippen LogP contribution in [0.2, 0.25) is 0 Å². The van der Waals surface area contributed by atoms with Crippen LogP contribution in [0.25, 0.3) is 0 Å². The Morgan fingerprint density at radius 1 is 1.44 bits per heavy atom. The highest BCUT2D eigenvalue weighted by atomic mass is 32.1. The zero-order chi connectivity index (χ0) is 13.5. The van der Waals surface area contributed by atoms with Gasteiger partial charge in [0.2, 0.25) is 0 Å². The second-order valence-corrected chi connectivity index (χ2v) is 5.82. The van der Waals surface area contributed by atoms with E-state index in [2.05, 4.69) is 43.0 Å². The molecule has 0 unspecified atom stereocenters. The van der Waals surface area contributed by atoms with Crippen molar-refractivity contribution in [3.63, 3.8) is 0 Å². The highest BCUT2D eigenvalue weighted by Crippen LogP contribution is 2.26. The largest absolute Gasteiger partial charge is 0.378 e. The lowest BCUT2D eigenvalue weighted by Crippen LogP contribution is -2.21. The van der Waals surface area contributed by atoms with Crippen LogP contribution in [0.15, 0.2) is 0 Å². The molecule has 0 fully saturated rings. The molecule has 1 aromatic rings. The number of hydrogen-bond donors (Lipinski definition) is 1. The van der Waals surface area contributed by atoms with Crippen molar-refractivity contribution in [3.05, 3.63) is 10.6 Å². The normalized spacial score (nSPS) is 11.2. The van der Waals surface area contributed by atoms with Crippen LogP contribution in [0.4, 0.5) is 5.13 Å². The molecule has 104 valence electrons. The fourth-order valence-corrected chi connectivity index (χ4v) is 2.65. The number of hydrogen-bond acceptors (Lipinski definition) is 5. The lowest BCUT2D eigenvalue weighted by atomic mass is 10.3. The van der Waals surface area contributed by atoms with E-state index < -0.39 is 0 Å². The first-order chi connectivity index (χ1) is 8.58. The molecule has 1 heterocycles. The number of ether oxygens (including phenoxy) is 1. The molecule has 1 rings (SSSR count). The van der Waals surface area contributed by atoms with Crippen LogP contribution in [-0.2, 0) is 17.9 Å². The van der Waals surface area contributed by atoms with Gasteiger partial charge in [0, 0.05) is 38.2 Å². The Morgan fingerprint density at radius 2 is 2.17 bits per heavy atom. The second-order valence-electron chi connectivity index (χ2n) is 4.76. The molecule has 0 atom stereocenters. The van der Waals surface area contributed by atoms with E-state index in [0.29, 0.717) is 12.6 Å². The predicted octanol–water partition coefficient (Wildman–Crippen LogP) is 2.63. The Kier molecular flexibility index (Phi) is 6.60. The summed E-state index contributed by atoms with van der Waals surface area (Å²) in [5.41, 5.74) is 1.06. The van der Waals surface area contributed by atoms with Gasteiger partial charge >= 0.3 is 0 Å². The quantitative estimate of drug-likeness (QED) is 0.789. The third kappa shape index (κ3) is 4.55. The highest BCUT2D eigenvalue weighted by molar-refractivity contribution is 7.15. The van der Waals surface area contributed by atoms with E-state index in [4.69, 9.17) is 4.74 Å². The van der Waals surface area contributed by atoms with Gasteiger partial charge in [0.05, 0.1) is 12.3 Å². The SMILES string of the molecule is CCCN(C)c1nc(COC)c(CNC(C)C)s1. The molecule has 0 saturated heterocycles. The smallest absolute Gasteiger partial charge is 0.185 e. The standard InChI is InChI=1S/C13H25N3OS/c1-6-7-16(4)13-15-11(9-17-5)12(18-13)8-14-10(2)3/h10,14H,6-9H2,1-5H3. The molecular weight excluding hydrogens is 246 g/mol. The van der Waals surface area contributed by atoms with Crippen LogP contribution in [-0.4, -0.2) is 31.7 Å². The number of nitrogens with one attached hydrogen (secondary N) is 1. The summed E-state index contributed by atoms with van der Waals surface area (Å²) in [6.07, 6.45) is 1.13. The average Bonchev–Trinajstić information content (AvgIpc) is 2.71. The Balaban J connectivity index is 2.79. The minimum Gasteiger partial charge on any atom is -0.378 e. The van der Waals surface area contributed by atoms with Gasteiger partial charge in [-0.3, -0.25) is 0 Å². The molecule has 0 spiro atoms. The fourth-order valence-electron chi connectivity index (χ4n) is 1.65. The highest BCUT2D eigenvalue weighted by Gasteiger charge is 2.13. The topological polar surface area (TPSA) is 37.4 Å². The maximum absolute atomic E-state index is 5.23. The van der Waals surface area contributed by atoms with Crippen LogP contribution in [0.1, 0.15) is 37.8 Å². The number of methoxy groups -OCH3 is 1. The van der Waals surface area contributed by atoms with Crippen molar-refractivity contribution in [2.45, 2.75) is 46.4 Å². The molecule has 0 aliphatic carbocycles. The van der Waals surface area contributed by atoms with Crippen LogP contribution in [0, 0.1) is 0 Å². The van der Waals surface area contributed by atoms with Crippen molar-refractivity contribution in [1.29, 1.82) is 0 Å². The van der Waals surface area contributed by atoms with Crippen LogP contribution in [0.3, 0.4) is 0 Å². The van der Waals surface area contributed by atoms with Crippen molar-refractivity contribution < 1.29 is 4.74 Å². The molecule has 4 nitrogen and oxygen atoms in total. The van der Waals surface area contributed by atoms with E-state index in [9.17, 15) is 0 Å². The molecule has 18 heavy (non-hydrogen) atoms. The minimum atomic E-state index is 0.485. The summed E-state index contributed by atoms with van der Waals surface area (Å²) in [5.74, 6) is 0. The summed E-state index contributed by atoms with van der Waals surface area (Å²) in [4.78, 5) is 8.17. The summed E-state index contributed by atoms with van der Waals surface area (Å²) in [6, 6.07) is 0.485. The Bertz CT molecular complexity index is 352. The summed E-state index contributed by atoms with van der Waals surface area (Å²) in [6.45, 7) is 8.99. The van der Waals surface area contributed by atoms with Crippen molar-refractivity contribution in [3.8, 4) is 0 Å². The third-order valence-electron chi connectivity index (χ3n) is 2.60. The summed E-state index contributed by atoms with van der Waals surface area (Å²) < 4.78 is 5.23. The molecular formula is C13H25N3OS. The molecule has 0 radical (unpaired) electrons. The van der Waals surface area contributed by atoms with E-state index in [0.717, 1.165) is 30.3 Å². The molecule has 5 heteroatoms. The van der Waals surface area contributed by atoms with Gasteiger partial charge in [-0.05, 0) is 6.42 Å². The van der Waals surface area contributed by atoms with Gasteiger partial charge in [-0.1, -0.05) is 20.8 Å². The van der Waals surface area contributed by atoms with Gasteiger partial charge in [-0.25, -0.2) is 4.98 Å². The first-order valence-corrected chi connectivity index (χ1v) is 7.32. The Labute approximate surface area is 114 Å². The maximum atomic E-state index is 5.23. The summed E-state index contributed by atoms with van der Waals surface area (Å²) in [7, 11) is 3.81. The lowest BCUT2D eigenvalue weighted by molar-refractivity contribution is 0.181. The minimum absolute atomic E-state index is 0.485. The van der Waals surface area contributed by atoms with E-state index in [-0.39, 0.29) is 0 Å². The molecule has 1 N–H and O–H groups in total. The van der Waals surface area contributed by atoms with E-state index in [1.807, 2.05) is 0 Å². The second kappa shape index (κ2) is 7.71. The summed E-state index contributed by atoms with van der Waals surface area (Å²) in [5, 5.41) is 4.53. The average molecular weight is 271 g/mol. The van der Waals surface area contributed by atoms with Gasteiger partial charge in [0.25, 0.3) is 0 Å². The monoisotopic (exact) mass is 271 g/mol. The molecule has 0 amide bonds. The predicted molar refractivity (Wildman–Crippen MR) is 78.4 cm³/mol. The van der Waals surface area contributed by atoms with Crippen molar-refractivity contribution in [2.75, 3.05) is 25.6 Å². The Morgan fingerprint density at radius 3 is 2.72 bits per heavy atom. The maximum Gasteiger partial charge on any atom is 0.185 e. The number of anilines is 1. The number of thiazole rings is 1. The number of nitrogens with zero attached hydrogens (tertiary/aromatic N) is 2. The van der Waals surface area contributed by atoms with Crippen molar-refractivity contribution in [2.24, 2.45) is 0 Å². The molecule has 0 bridgehead atoms. The third-order valence-corrected chi connectivity index (χ3v) is 3.82. The molecule has 0 aliphatic heterocycles. The van der Waals surface area contributed by atoms with Gasteiger partial charge in [0.15, 0.2) is 5.13 Å². The van der Waals surface area contributed by atoms with Crippen LogP contribution >= 0.6 is 11.3 Å². The number of rotatable bonds is 8. The molecule has 0 saturated carbocycles. The zero-order valence-electron chi connectivity index (χ0n) is 12.1. The first kappa shape index (κ1) is 15.4. The van der Waals surface area contributed by atoms with Crippen molar-refractivity contribution >= 4 is 16.5 Å². The van der Waals surface area contributed by atoms with Gasteiger partial charge in [0.1, 0.15) is 0 Å². The summed E-state index contributed by atoms with van der Waals surface area (Å²) >= 11 is 1.76. The van der Waals surface area contributed by atoms with E-state index in [1.54, 1.807) is 18.4 Å². The first-order valence-electron chi connectivity index (χ1n) is 6.50. The van der Waals surface area contributed by atoms with Crippen LogP contribution in [0.5, 0.6) is 0 Å². The zero-order valence-corrected chi connectivity index (χ0v) is 12.9. The van der Waals surface area contributed by atoms with Gasteiger partial charge < -0.3 is 15.0 Å². The van der Waals surface area contributed by atoms with E-state index in [1.165, 1.54) is 4.88 Å². The molecule has 0 aliphatic rings. The van der Waals surface area contributed by atoms with Gasteiger partial charge in [-0.2, -0.15) is 0 Å². The number of aromatic nitrogens is 1. The molecule has 0 aromatic carbocycles. The van der Waals surface area contributed by atoms with Gasteiger partial charge in [-0.15, -0.1) is 11.3 Å². The van der Waals surface area contributed by atoms with Crippen molar-refractivity contribution in [1.82, 2.24) is 10.3 Å². The Hall–Kier alpha value is -0.650. The lowest BCUT2D eigenvalue weighted by Gasteiger charge is -2.13. The van der Waals surface area contributed by atoms with E-state index >= 15 is 0 Å².